The minimum Gasteiger partial charge on any atom is -0.544 e. The van der Waals surface area contributed by atoms with Gasteiger partial charge < -0.3 is 28.6 Å². The molecule has 0 spiro atoms. The van der Waals surface area contributed by atoms with Crippen molar-refractivity contribution in [3.63, 3.8) is 0 Å². The number of nitrogens with zero attached hydrogens (tertiary/aromatic N) is 1. The first-order chi connectivity index (χ1) is 30.1. The molecule has 0 aliphatic heterocycles. The molecule has 62 heavy (non-hydrogen) atoms. The van der Waals surface area contributed by atoms with E-state index in [0.717, 1.165) is 51.4 Å². The van der Waals surface area contributed by atoms with Gasteiger partial charge in [-0.1, -0.05) is 218 Å². The summed E-state index contributed by atoms with van der Waals surface area (Å²) in [7, 11) is 5.43. The maximum Gasteiger partial charge on any atom is 0.306 e. The molecule has 2 atom stereocenters. The van der Waals surface area contributed by atoms with Crippen LogP contribution in [0.2, 0.25) is 0 Å². The normalized spacial score (nSPS) is 13.0. The molecule has 0 N–H and O–H groups in total. The third-order valence-electron chi connectivity index (χ3n) is 12.1. The number of ether oxygens (including phenoxy) is 3. The van der Waals surface area contributed by atoms with Crippen molar-refractivity contribution >= 4 is 17.9 Å². The van der Waals surface area contributed by atoms with Crippen LogP contribution in [0.5, 0.6) is 0 Å². The van der Waals surface area contributed by atoms with Crippen molar-refractivity contribution in [2.75, 3.05) is 41.0 Å². The molecule has 0 heterocycles. The van der Waals surface area contributed by atoms with Crippen LogP contribution in [0.4, 0.5) is 0 Å². The smallest absolute Gasteiger partial charge is 0.306 e. The van der Waals surface area contributed by atoms with E-state index in [0.29, 0.717) is 12.8 Å². The molecule has 0 radical (unpaired) electrons. The van der Waals surface area contributed by atoms with Crippen molar-refractivity contribution < 1.29 is 38.2 Å². The molecule has 0 saturated carbocycles. The van der Waals surface area contributed by atoms with Crippen LogP contribution in [0.3, 0.4) is 0 Å². The zero-order valence-corrected chi connectivity index (χ0v) is 41.6. The summed E-state index contributed by atoms with van der Waals surface area (Å²) >= 11 is 0. The average molecular weight is 876 g/mol. The Kier molecular flexibility index (Phi) is 43.8. The van der Waals surface area contributed by atoms with Crippen molar-refractivity contribution in [1.82, 2.24) is 0 Å². The molecule has 2 unspecified atom stereocenters. The maximum absolute atomic E-state index is 12.8. The predicted octanol–water partition coefficient (Wildman–Crippen LogP) is 13.9. The lowest BCUT2D eigenvalue weighted by molar-refractivity contribution is -0.889. The van der Waals surface area contributed by atoms with E-state index in [1.807, 2.05) is 21.1 Å². The number of hydrogen-bond acceptors (Lipinski definition) is 7. The number of carboxylic acid groups (broad SMARTS) is 1. The fraction of sp³-hybridized carbons (Fsp3) is 0.870. The molecule has 364 valence electrons. The molecular weight excluding hydrogens is 775 g/mol. The summed E-state index contributed by atoms with van der Waals surface area (Å²) in [5, 5.41) is 11.7. The predicted molar refractivity (Wildman–Crippen MR) is 259 cm³/mol. The lowest BCUT2D eigenvalue weighted by atomic mass is 10.0. The van der Waals surface area contributed by atoms with Gasteiger partial charge in [0.15, 0.2) is 6.10 Å². The standard InChI is InChI=1S/C54H101NO7/c1-6-8-10-12-14-16-18-20-22-24-25-26-27-29-31-33-35-37-39-41-43-45-53(57)62-50(48-60-47-46-51(54(58)59)55(3,4)5)49-61-52(56)44-42-40-38-36-34-32-30-28-23-21-19-17-15-13-11-9-7-2/h8,10,14,16,50-51H,6-7,9,11-13,15,17-49H2,1-5H3/b10-8+,16-14+. The van der Waals surface area contributed by atoms with Crippen molar-refractivity contribution in [3.8, 4) is 0 Å². The second-order valence-corrected chi connectivity index (χ2v) is 19.1. The molecule has 0 amide bonds. The summed E-state index contributed by atoms with van der Waals surface area (Å²) in [5.41, 5.74) is 0. The number of carboxylic acids is 1. The molecule has 0 rings (SSSR count). The highest BCUT2D eigenvalue weighted by molar-refractivity contribution is 5.70. The molecule has 8 nitrogen and oxygen atoms in total. The van der Waals surface area contributed by atoms with E-state index >= 15 is 0 Å². The fourth-order valence-electron chi connectivity index (χ4n) is 8.05. The van der Waals surface area contributed by atoms with E-state index in [2.05, 4.69) is 38.2 Å². The number of carbonyl (C=O) groups is 3. The van der Waals surface area contributed by atoms with Gasteiger partial charge in [-0.3, -0.25) is 9.59 Å². The molecule has 0 saturated heterocycles. The fourth-order valence-corrected chi connectivity index (χ4v) is 8.05. The Balaban J connectivity index is 4.18. The van der Waals surface area contributed by atoms with E-state index in [-0.39, 0.29) is 42.7 Å². The van der Waals surface area contributed by atoms with Gasteiger partial charge >= 0.3 is 11.9 Å². The Hall–Kier alpha value is -2.19. The van der Waals surface area contributed by atoms with Gasteiger partial charge in [-0.25, -0.2) is 0 Å². The van der Waals surface area contributed by atoms with Gasteiger partial charge in [-0.15, -0.1) is 0 Å². The largest absolute Gasteiger partial charge is 0.544 e. The monoisotopic (exact) mass is 876 g/mol. The highest BCUT2D eigenvalue weighted by atomic mass is 16.6. The van der Waals surface area contributed by atoms with E-state index in [1.165, 1.54) is 167 Å². The zero-order valence-electron chi connectivity index (χ0n) is 41.6. The van der Waals surface area contributed by atoms with Crippen molar-refractivity contribution in [3.05, 3.63) is 24.3 Å². The number of likely N-dealkylation sites (N-methyl/N-ethyl adjacent to an activating group) is 1. The third kappa shape index (κ3) is 43.1. The Morgan fingerprint density at radius 2 is 0.903 bits per heavy atom. The zero-order chi connectivity index (χ0) is 45.6. The SMILES string of the molecule is CC/C=C/C/C=C/CCCCCCCCCCCCCCCCC(=O)OC(COCCC(C(=O)[O-])[N+](C)(C)C)COC(=O)CCCCCCCCCCCCCCCCCCC. The highest BCUT2D eigenvalue weighted by Gasteiger charge is 2.25. The van der Waals surface area contributed by atoms with Gasteiger partial charge in [-0.05, 0) is 38.5 Å². The van der Waals surface area contributed by atoms with Crippen LogP contribution >= 0.6 is 0 Å². The Morgan fingerprint density at radius 3 is 1.32 bits per heavy atom. The molecule has 0 aromatic heterocycles. The summed E-state index contributed by atoms with van der Waals surface area (Å²) < 4.78 is 17.3. The van der Waals surface area contributed by atoms with Gasteiger partial charge in [0.2, 0.25) is 0 Å². The lowest BCUT2D eigenvalue weighted by Gasteiger charge is -2.34. The average Bonchev–Trinajstić information content (AvgIpc) is 3.23. The summed E-state index contributed by atoms with van der Waals surface area (Å²) in [5.74, 6) is -1.71. The first-order valence-electron chi connectivity index (χ1n) is 26.4. The second-order valence-electron chi connectivity index (χ2n) is 19.1. The summed E-state index contributed by atoms with van der Waals surface area (Å²) in [4.78, 5) is 37.1. The molecular formula is C54H101NO7. The molecule has 8 heteroatoms. The van der Waals surface area contributed by atoms with E-state index in [1.54, 1.807) is 0 Å². The van der Waals surface area contributed by atoms with Crippen LogP contribution in [0, 0.1) is 0 Å². The van der Waals surface area contributed by atoms with Crippen LogP contribution in [-0.2, 0) is 28.6 Å². The number of hydrogen-bond donors (Lipinski definition) is 0. The Labute approximate surface area is 383 Å². The van der Waals surface area contributed by atoms with Gasteiger partial charge in [0.25, 0.3) is 0 Å². The topological polar surface area (TPSA) is 102 Å². The number of aliphatic carboxylic acids is 1. The maximum atomic E-state index is 12.8. The Morgan fingerprint density at radius 1 is 0.500 bits per heavy atom. The van der Waals surface area contributed by atoms with Crippen LogP contribution in [0.15, 0.2) is 24.3 Å². The molecule has 0 fully saturated rings. The van der Waals surface area contributed by atoms with Crippen LogP contribution in [0.25, 0.3) is 0 Å². The van der Waals surface area contributed by atoms with Gasteiger partial charge in [0.1, 0.15) is 12.6 Å². The first-order valence-corrected chi connectivity index (χ1v) is 26.4. The molecule has 0 aromatic rings. The molecule has 0 bridgehead atoms. The minimum atomic E-state index is -1.12. The third-order valence-corrected chi connectivity index (χ3v) is 12.1. The lowest BCUT2D eigenvalue weighted by Crippen LogP contribution is -2.55. The summed E-state index contributed by atoms with van der Waals surface area (Å²) in [6.45, 7) is 4.61. The number of unbranched alkanes of at least 4 members (excludes halogenated alkanes) is 30. The van der Waals surface area contributed by atoms with E-state index in [4.69, 9.17) is 14.2 Å². The minimum absolute atomic E-state index is 0.0461. The van der Waals surface area contributed by atoms with Crippen molar-refractivity contribution in [2.24, 2.45) is 0 Å². The van der Waals surface area contributed by atoms with Crippen LogP contribution in [-0.4, -0.2) is 75.5 Å². The number of allylic oxidation sites excluding steroid dienone is 4. The quantitative estimate of drug-likeness (QED) is 0.0260. The van der Waals surface area contributed by atoms with Crippen molar-refractivity contribution in [1.29, 1.82) is 0 Å². The Bertz CT molecular complexity index is 1070. The van der Waals surface area contributed by atoms with Crippen molar-refractivity contribution in [2.45, 2.75) is 264 Å². The molecule has 0 aliphatic carbocycles. The number of quaternary nitrogens is 1. The van der Waals surface area contributed by atoms with Gasteiger partial charge in [0.05, 0.1) is 40.3 Å². The van der Waals surface area contributed by atoms with Crippen LogP contribution < -0.4 is 5.11 Å². The second kappa shape index (κ2) is 45.4. The van der Waals surface area contributed by atoms with E-state index in [9.17, 15) is 19.5 Å². The highest BCUT2D eigenvalue weighted by Crippen LogP contribution is 2.17. The van der Waals surface area contributed by atoms with Crippen LogP contribution in [0.1, 0.15) is 251 Å². The van der Waals surface area contributed by atoms with Gasteiger partial charge in [0, 0.05) is 19.3 Å². The summed E-state index contributed by atoms with van der Waals surface area (Å²) in [6, 6.07) is -0.723. The van der Waals surface area contributed by atoms with Gasteiger partial charge in [-0.2, -0.15) is 0 Å². The summed E-state index contributed by atoms with van der Waals surface area (Å²) in [6.07, 6.45) is 52.1. The number of carbonyl (C=O) groups excluding carboxylic acids is 3. The van der Waals surface area contributed by atoms with E-state index < -0.39 is 18.1 Å². The number of esters is 2. The number of rotatable bonds is 48. The molecule has 0 aromatic carbocycles. The molecule has 0 aliphatic rings. The first kappa shape index (κ1) is 59.8.